The number of aryl methyl sites for hydroxylation is 1. The van der Waals surface area contributed by atoms with Gasteiger partial charge in [-0.2, -0.15) is 0 Å². The third-order valence-electron chi connectivity index (χ3n) is 6.12. The lowest BCUT2D eigenvalue weighted by molar-refractivity contribution is 0.100. The van der Waals surface area contributed by atoms with Gasteiger partial charge in [0.05, 0.1) is 5.69 Å². The van der Waals surface area contributed by atoms with Gasteiger partial charge in [0.2, 0.25) is 5.91 Å². The van der Waals surface area contributed by atoms with Crippen LogP contribution in [0.4, 0.5) is 0 Å². The number of nitrogens with two attached hydrogens (primary N) is 1. The van der Waals surface area contributed by atoms with E-state index >= 15 is 0 Å². The number of aromatic nitrogens is 1. The SMILES string of the molecule is NC(=O)c1ccc2c(C3CCCCC3)c3n(c2c1)CCSc1ccccc1-3. The van der Waals surface area contributed by atoms with Gasteiger partial charge in [0, 0.05) is 39.2 Å². The predicted molar refractivity (Wildman–Crippen MR) is 112 cm³/mol. The number of amides is 1. The lowest BCUT2D eigenvalue weighted by Gasteiger charge is -2.23. The molecule has 0 bridgehead atoms. The summed E-state index contributed by atoms with van der Waals surface area (Å²) in [6.45, 7) is 0.958. The molecule has 4 heteroatoms. The molecule has 5 rings (SSSR count). The summed E-state index contributed by atoms with van der Waals surface area (Å²) in [6.07, 6.45) is 6.50. The first kappa shape index (κ1) is 16.9. The van der Waals surface area contributed by atoms with Crippen molar-refractivity contribution in [1.29, 1.82) is 0 Å². The Balaban J connectivity index is 1.84. The molecule has 27 heavy (non-hydrogen) atoms. The zero-order valence-corrected chi connectivity index (χ0v) is 16.2. The fourth-order valence-electron chi connectivity index (χ4n) is 4.89. The zero-order chi connectivity index (χ0) is 18.4. The van der Waals surface area contributed by atoms with Crippen molar-refractivity contribution in [1.82, 2.24) is 4.57 Å². The largest absolute Gasteiger partial charge is 0.366 e. The van der Waals surface area contributed by atoms with E-state index in [1.165, 1.54) is 64.7 Å². The highest BCUT2D eigenvalue weighted by Gasteiger charge is 2.28. The predicted octanol–water partition coefficient (Wildman–Crippen LogP) is 5.56. The van der Waals surface area contributed by atoms with E-state index in [9.17, 15) is 4.79 Å². The van der Waals surface area contributed by atoms with Gasteiger partial charge < -0.3 is 10.3 Å². The minimum absolute atomic E-state index is 0.352. The molecular formula is C23H24N2OS. The number of carbonyl (C=O) groups excluding carboxylic acids is 1. The number of fused-ring (bicyclic) bond motifs is 5. The number of nitrogens with zero attached hydrogens (tertiary/aromatic N) is 1. The molecule has 2 aromatic carbocycles. The number of carbonyl (C=O) groups is 1. The highest BCUT2D eigenvalue weighted by atomic mass is 32.2. The molecule has 2 aliphatic rings. The molecule has 0 radical (unpaired) electrons. The van der Waals surface area contributed by atoms with Gasteiger partial charge in [-0.05, 0) is 42.5 Å². The molecule has 0 spiro atoms. The second-order valence-electron chi connectivity index (χ2n) is 7.69. The first-order chi connectivity index (χ1) is 13.2. The Hall–Kier alpha value is -2.20. The Bertz CT molecular complexity index is 1030. The molecular weight excluding hydrogens is 352 g/mol. The topological polar surface area (TPSA) is 48.0 Å². The number of thioether (sulfide) groups is 1. The van der Waals surface area contributed by atoms with Crippen molar-refractivity contribution in [3.05, 3.63) is 53.6 Å². The molecule has 0 atom stereocenters. The van der Waals surface area contributed by atoms with Crippen LogP contribution in [-0.4, -0.2) is 16.2 Å². The quantitative estimate of drug-likeness (QED) is 0.636. The number of hydrogen-bond donors (Lipinski definition) is 1. The molecule has 1 saturated carbocycles. The van der Waals surface area contributed by atoms with Crippen molar-refractivity contribution >= 4 is 28.6 Å². The van der Waals surface area contributed by atoms with Crippen molar-refractivity contribution < 1.29 is 4.79 Å². The molecule has 1 aromatic heterocycles. The van der Waals surface area contributed by atoms with E-state index < -0.39 is 0 Å². The summed E-state index contributed by atoms with van der Waals surface area (Å²) < 4.78 is 2.45. The van der Waals surface area contributed by atoms with Crippen LogP contribution in [0.2, 0.25) is 0 Å². The summed E-state index contributed by atoms with van der Waals surface area (Å²) in [5.74, 6) is 1.29. The van der Waals surface area contributed by atoms with Gasteiger partial charge in [0.25, 0.3) is 0 Å². The fourth-order valence-corrected chi connectivity index (χ4v) is 5.88. The molecule has 0 unspecified atom stereocenters. The third-order valence-corrected chi connectivity index (χ3v) is 7.17. The van der Waals surface area contributed by atoms with Crippen LogP contribution in [0.25, 0.3) is 22.2 Å². The second-order valence-corrected chi connectivity index (χ2v) is 8.83. The van der Waals surface area contributed by atoms with Gasteiger partial charge in [-0.15, -0.1) is 11.8 Å². The molecule has 138 valence electrons. The van der Waals surface area contributed by atoms with Crippen molar-refractivity contribution in [3.8, 4) is 11.3 Å². The summed E-state index contributed by atoms with van der Waals surface area (Å²) in [4.78, 5) is 13.2. The average Bonchev–Trinajstić information content (AvgIpc) is 2.90. The van der Waals surface area contributed by atoms with Crippen molar-refractivity contribution in [2.24, 2.45) is 5.73 Å². The van der Waals surface area contributed by atoms with Gasteiger partial charge in [-0.1, -0.05) is 43.5 Å². The lowest BCUT2D eigenvalue weighted by atomic mass is 9.81. The van der Waals surface area contributed by atoms with Crippen LogP contribution in [0.1, 0.15) is 53.9 Å². The first-order valence-electron chi connectivity index (χ1n) is 9.92. The monoisotopic (exact) mass is 376 g/mol. The molecule has 2 heterocycles. The Labute approximate surface area is 163 Å². The number of primary amides is 1. The van der Waals surface area contributed by atoms with E-state index in [0.29, 0.717) is 11.5 Å². The van der Waals surface area contributed by atoms with Crippen LogP contribution in [0.15, 0.2) is 47.4 Å². The maximum atomic E-state index is 11.8. The van der Waals surface area contributed by atoms with Crippen LogP contribution < -0.4 is 5.73 Å². The molecule has 1 fully saturated rings. The lowest BCUT2D eigenvalue weighted by Crippen LogP contribution is -2.11. The first-order valence-corrected chi connectivity index (χ1v) is 10.9. The van der Waals surface area contributed by atoms with E-state index in [1.54, 1.807) is 0 Å². The highest BCUT2D eigenvalue weighted by Crippen LogP contribution is 2.47. The number of benzene rings is 2. The van der Waals surface area contributed by atoms with E-state index in [-0.39, 0.29) is 5.91 Å². The average molecular weight is 377 g/mol. The van der Waals surface area contributed by atoms with Crippen LogP contribution in [0, 0.1) is 0 Å². The molecule has 1 amide bonds. The van der Waals surface area contributed by atoms with E-state index in [4.69, 9.17) is 5.73 Å². The van der Waals surface area contributed by atoms with Crippen LogP contribution in [-0.2, 0) is 6.54 Å². The van der Waals surface area contributed by atoms with Gasteiger partial charge in [-0.25, -0.2) is 0 Å². The Morgan fingerprint density at radius 2 is 1.89 bits per heavy atom. The van der Waals surface area contributed by atoms with Crippen molar-refractivity contribution in [2.75, 3.05) is 5.75 Å². The Kier molecular flexibility index (Phi) is 4.24. The Morgan fingerprint density at radius 3 is 2.70 bits per heavy atom. The summed E-state index contributed by atoms with van der Waals surface area (Å²) in [6, 6.07) is 14.8. The van der Waals surface area contributed by atoms with E-state index in [2.05, 4.69) is 34.9 Å². The molecule has 1 aliphatic carbocycles. The molecule has 1 aliphatic heterocycles. The minimum atomic E-state index is -0.352. The van der Waals surface area contributed by atoms with Gasteiger partial charge >= 0.3 is 0 Å². The Morgan fingerprint density at radius 1 is 1.07 bits per heavy atom. The number of rotatable bonds is 2. The van der Waals surface area contributed by atoms with Gasteiger partial charge in [-0.3, -0.25) is 4.79 Å². The van der Waals surface area contributed by atoms with Gasteiger partial charge in [0.15, 0.2) is 0 Å². The molecule has 3 aromatic rings. The van der Waals surface area contributed by atoms with Crippen LogP contribution in [0.5, 0.6) is 0 Å². The maximum Gasteiger partial charge on any atom is 0.248 e. The molecule has 0 saturated heterocycles. The standard InChI is InChI=1S/C23H24N2OS/c24-23(26)16-10-11-17-19(14-16)25-12-13-27-20-9-5-4-8-18(20)22(25)21(17)15-6-2-1-3-7-15/h4-5,8-11,14-15H,1-3,6-7,12-13H2,(H2,24,26). The number of hydrogen-bond acceptors (Lipinski definition) is 2. The zero-order valence-electron chi connectivity index (χ0n) is 15.4. The van der Waals surface area contributed by atoms with Crippen molar-refractivity contribution in [3.63, 3.8) is 0 Å². The third kappa shape index (κ3) is 2.78. The smallest absolute Gasteiger partial charge is 0.248 e. The maximum absolute atomic E-state index is 11.8. The van der Waals surface area contributed by atoms with Crippen molar-refractivity contribution in [2.45, 2.75) is 49.5 Å². The second kappa shape index (κ2) is 6.75. The summed E-state index contributed by atoms with van der Waals surface area (Å²) in [5, 5.41) is 1.31. The summed E-state index contributed by atoms with van der Waals surface area (Å²) in [7, 11) is 0. The van der Waals surface area contributed by atoms with Crippen LogP contribution >= 0.6 is 11.8 Å². The molecule has 3 nitrogen and oxygen atoms in total. The minimum Gasteiger partial charge on any atom is -0.366 e. The van der Waals surface area contributed by atoms with E-state index in [0.717, 1.165) is 12.3 Å². The summed E-state index contributed by atoms with van der Waals surface area (Å²) in [5.41, 5.74) is 11.6. The van der Waals surface area contributed by atoms with Crippen LogP contribution in [0.3, 0.4) is 0 Å². The molecule has 2 N–H and O–H groups in total. The van der Waals surface area contributed by atoms with E-state index in [1.807, 2.05) is 23.9 Å². The highest BCUT2D eigenvalue weighted by molar-refractivity contribution is 7.99. The fraction of sp³-hybridized carbons (Fsp3) is 0.348. The van der Waals surface area contributed by atoms with Gasteiger partial charge in [0.1, 0.15) is 0 Å². The summed E-state index contributed by atoms with van der Waals surface area (Å²) >= 11 is 1.93. The normalized spacial score (nSPS) is 17.3.